The maximum Gasteiger partial charge on any atom is 0.360 e. The number of methoxy groups -OCH3 is 1. The van der Waals surface area contributed by atoms with Gasteiger partial charge in [-0.2, -0.15) is 5.10 Å². The maximum absolute atomic E-state index is 12.5. The fourth-order valence-electron chi connectivity index (χ4n) is 2.93. The van der Waals surface area contributed by atoms with Crippen molar-refractivity contribution >= 4 is 49.9 Å². The van der Waals surface area contributed by atoms with E-state index in [0.29, 0.717) is 21.8 Å². The van der Waals surface area contributed by atoms with E-state index in [1.165, 1.54) is 18.0 Å². The Morgan fingerprint density at radius 1 is 1.26 bits per heavy atom. The first-order valence-electron chi connectivity index (χ1n) is 7.99. The van der Waals surface area contributed by atoms with Crippen molar-refractivity contribution in [2.45, 2.75) is 6.61 Å². The molecule has 4 aromatic rings. The molecule has 0 spiro atoms. The minimum Gasteiger partial charge on any atom is -0.486 e. The zero-order valence-electron chi connectivity index (χ0n) is 14.1. The van der Waals surface area contributed by atoms with Crippen LogP contribution >= 0.6 is 27.5 Å². The molecule has 0 aliphatic carbocycles. The lowest BCUT2D eigenvalue weighted by Gasteiger charge is -2.16. The van der Waals surface area contributed by atoms with Gasteiger partial charge in [0.05, 0.1) is 7.11 Å². The molecule has 2 aromatic heterocycles. The molecule has 0 atom stereocenters. The molecule has 0 bridgehead atoms. The van der Waals surface area contributed by atoms with Crippen molar-refractivity contribution in [3.8, 4) is 5.75 Å². The van der Waals surface area contributed by atoms with Crippen molar-refractivity contribution in [3.63, 3.8) is 0 Å². The van der Waals surface area contributed by atoms with Crippen LogP contribution < -0.4 is 4.74 Å². The van der Waals surface area contributed by atoms with E-state index < -0.39 is 5.97 Å². The van der Waals surface area contributed by atoms with Crippen LogP contribution in [0.25, 0.3) is 16.4 Å². The molecule has 0 radical (unpaired) electrons. The number of benzene rings is 2. The van der Waals surface area contributed by atoms with Gasteiger partial charge in [-0.1, -0.05) is 41.9 Å². The average molecular weight is 447 g/mol. The lowest BCUT2D eigenvalue weighted by atomic mass is 10.1. The average Bonchev–Trinajstić information content (AvgIpc) is 3.14. The molecule has 8 heteroatoms. The van der Waals surface area contributed by atoms with Gasteiger partial charge in [-0.25, -0.2) is 14.3 Å². The summed E-state index contributed by atoms with van der Waals surface area (Å²) in [6.07, 6.45) is 1.38. The molecule has 0 saturated carbocycles. The number of carbonyl (C=O) groups excluding carboxylic acids is 1. The summed E-state index contributed by atoms with van der Waals surface area (Å²) in [6.45, 7) is 0.268. The maximum atomic E-state index is 12.5. The van der Waals surface area contributed by atoms with E-state index in [1.54, 1.807) is 12.1 Å². The number of hydrogen-bond acceptors (Lipinski definition) is 5. The fourth-order valence-corrected chi connectivity index (χ4v) is 3.92. The predicted molar refractivity (Wildman–Crippen MR) is 105 cm³/mol. The van der Waals surface area contributed by atoms with Gasteiger partial charge in [-0.3, -0.25) is 0 Å². The Bertz CT molecular complexity index is 1160. The number of pyridine rings is 1. The van der Waals surface area contributed by atoms with Crippen LogP contribution in [0.5, 0.6) is 5.75 Å². The quantitative estimate of drug-likeness (QED) is 0.426. The number of esters is 1. The summed E-state index contributed by atoms with van der Waals surface area (Å²) < 4.78 is 13.2. The number of hydrogen-bond donors (Lipinski definition) is 0. The minimum atomic E-state index is -0.577. The van der Waals surface area contributed by atoms with Crippen molar-refractivity contribution in [3.05, 3.63) is 69.5 Å². The van der Waals surface area contributed by atoms with Crippen LogP contribution in [0.1, 0.15) is 16.1 Å². The van der Waals surface area contributed by atoms with Crippen molar-refractivity contribution < 1.29 is 14.3 Å². The first-order valence-corrected chi connectivity index (χ1v) is 9.16. The van der Waals surface area contributed by atoms with Gasteiger partial charge in [0.15, 0.2) is 17.1 Å². The van der Waals surface area contributed by atoms with E-state index in [-0.39, 0.29) is 12.3 Å². The third-order valence-electron chi connectivity index (χ3n) is 4.10. The highest BCUT2D eigenvalue weighted by atomic mass is 79.9. The first-order chi connectivity index (χ1) is 13.1. The number of fused-ring (bicyclic) bond motifs is 3. The summed E-state index contributed by atoms with van der Waals surface area (Å²) in [6, 6.07) is 13.2. The molecule has 0 aliphatic heterocycles. The van der Waals surface area contributed by atoms with Gasteiger partial charge in [-0.05, 0) is 33.6 Å². The number of carbonyl (C=O) groups is 1. The third-order valence-corrected chi connectivity index (χ3v) is 4.95. The molecule has 2 heterocycles. The Hall–Kier alpha value is -2.64. The lowest BCUT2D eigenvalue weighted by Crippen LogP contribution is -2.13. The highest BCUT2D eigenvalue weighted by molar-refractivity contribution is 9.10. The van der Waals surface area contributed by atoms with E-state index >= 15 is 0 Å². The van der Waals surface area contributed by atoms with Crippen molar-refractivity contribution in [1.29, 1.82) is 0 Å². The van der Waals surface area contributed by atoms with Gasteiger partial charge >= 0.3 is 5.97 Å². The third kappa shape index (κ3) is 3.13. The summed E-state index contributed by atoms with van der Waals surface area (Å²) in [4.78, 5) is 16.8. The smallest absolute Gasteiger partial charge is 0.360 e. The van der Waals surface area contributed by atoms with E-state index in [0.717, 1.165) is 15.4 Å². The second-order valence-corrected chi connectivity index (χ2v) is 7.04. The predicted octanol–water partition coefficient (Wildman–Crippen LogP) is 4.66. The highest BCUT2D eigenvalue weighted by Crippen LogP contribution is 2.39. The van der Waals surface area contributed by atoms with Gasteiger partial charge < -0.3 is 9.47 Å². The van der Waals surface area contributed by atoms with Gasteiger partial charge in [0.1, 0.15) is 12.9 Å². The molecule has 0 amide bonds. The monoisotopic (exact) mass is 445 g/mol. The Balaban J connectivity index is 2.01. The summed E-state index contributed by atoms with van der Waals surface area (Å²) in [5.74, 6) is -0.242. The van der Waals surface area contributed by atoms with E-state index in [4.69, 9.17) is 21.1 Å². The second kappa shape index (κ2) is 7.17. The second-order valence-electron chi connectivity index (χ2n) is 5.75. The summed E-state index contributed by atoms with van der Waals surface area (Å²) in [5, 5.41) is 6.07. The summed E-state index contributed by atoms with van der Waals surface area (Å²) >= 11 is 9.78. The van der Waals surface area contributed by atoms with Crippen LogP contribution in [-0.4, -0.2) is 27.7 Å². The minimum absolute atomic E-state index is 0.155. The van der Waals surface area contributed by atoms with E-state index in [9.17, 15) is 4.79 Å². The molecule has 6 nitrogen and oxygen atoms in total. The standard InChI is InChI=1S/C19H13BrClN3O3/c1-26-19(25)16-17(27-9-11-5-3-2-4-6-11)13-7-12(21)8-14(20)15(13)18-22-10-23-24(16)18/h2-8,10H,9H2,1H3. The van der Waals surface area contributed by atoms with Gasteiger partial charge in [0.25, 0.3) is 0 Å². The van der Waals surface area contributed by atoms with Crippen LogP contribution in [0.3, 0.4) is 0 Å². The first kappa shape index (κ1) is 17.8. The normalized spacial score (nSPS) is 11.1. The molecule has 4 rings (SSSR count). The molecule has 0 N–H and O–H groups in total. The molecule has 0 fully saturated rings. The zero-order chi connectivity index (χ0) is 19.0. The molecule has 136 valence electrons. The molecular weight excluding hydrogens is 434 g/mol. The highest BCUT2D eigenvalue weighted by Gasteiger charge is 2.25. The number of aromatic nitrogens is 3. The van der Waals surface area contributed by atoms with Gasteiger partial charge in [0.2, 0.25) is 0 Å². The van der Waals surface area contributed by atoms with Gasteiger partial charge in [0, 0.05) is 20.3 Å². The summed E-state index contributed by atoms with van der Waals surface area (Å²) in [7, 11) is 1.31. The molecule has 27 heavy (non-hydrogen) atoms. The van der Waals surface area contributed by atoms with Crippen LogP contribution in [-0.2, 0) is 11.3 Å². The SMILES string of the molecule is COC(=O)c1c(OCc2ccccc2)c2cc(Cl)cc(Br)c2c2ncnn12. The van der Waals surface area contributed by atoms with Crippen molar-refractivity contribution in [1.82, 2.24) is 14.6 Å². The van der Waals surface area contributed by atoms with E-state index in [1.807, 2.05) is 30.3 Å². The number of ether oxygens (including phenoxy) is 2. The number of nitrogens with zero attached hydrogens (tertiary/aromatic N) is 3. The molecule has 0 unspecified atom stereocenters. The van der Waals surface area contributed by atoms with Crippen LogP contribution in [0.4, 0.5) is 0 Å². The number of rotatable bonds is 4. The number of halogens is 2. The van der Waals surface area contributed by atoms with Crippen LogP contribution in [0.2, 0.25) is 5.02 Å². The Kier molecular flexibility index (Phi) is 4.72. The van der Waals surface area contributed by atoms with Crippen LogP contribution in [0, 0.1) is 0 Å². The van der Waals surface area contributed by atoms with E-state index in [2.05, 4.69) is 26.0 Å². The molecule has 2 aromatic carbocycles. The molecular formula is C19H13BrClN3O3. The Morgan fingerprint density at radius 2 is 2.04 bits per heavy atom. The molecule has 0 aliphatic rings. The Labute approximate surface area is 167 Å². The lowest BCUT2D eigenvalue weighted by molar-refractivity contribution is 0.0585. The molecule has 0 saturated heterocycles. The van der Waals surface area contributed by atoms with Crippen LogP contribution in [0.15, 0.2) is 53.3 Å². The zero-order valence-corrected chi connectivity index (χ0v) is 16.5. The topological polar surface area (TPSA) is 65.7 Å². The summed E-state index contributed by atoms with van der Waals surface area (Å²) in [5.41, 5.74) is 1.62. The van der Waals surface area contributed by atoms with Crippen molar-refractivity contribution in [2.24, 2.45) is 0 Å². The largest absolute Gasteiger partial charge is 0.486 e. The van der Waals surface area contributed by atoms with Crippen molar-refractivity contribution in [2.75, 3.05) is 7.11 Å². The fraction of sp³-hybridized carbons (Fsp3) is 0.105. The van der Waals surface area contributed by atoms with Gasteiger partial charge in [-0.15, -0.1) is 0 Å². The Morgan fingerprint density at radius 3 is 2.78 bits per heavy atom.